The number of benzene rings is 1. The molecule has 0 aliphatic heterocycles. The molecule has 1 N–H and O–H groups in total. The predicted molar refractivity (Wildman–Crippen MR) is 55.2 cm³/mol. The summed E-state index contributed by atoms with van der Waals surface area (Å²) in [6, 6.07) is 4.63. The summed E-state index contributed by atoms with van der Waals surface area (Å²) >= 11 is 5.92. The van der Waals surface area contributed by atoms with Gasteiger partial charge in [0.25, 0.3) is 0 Å². The number of methoxy groups -OCH3 is 1. The fourth-order valence-corrected chi connectivity index (χ4v) is 1.49. The third-order valence-electron chi connectivity index (χ3n) is 1.97. The molecule has 2 rings (SSSR count). The van der Waals surface area contributed by atoms with E-state index in [-0.39, 0.29) is 5.75 Å². The fourth-order valence-electron chi connectivity index (χ4n) is 1.25. The number of rotatable bonds is 2. The lowest BCUT2D eigenvalue weighted by molar-refractivity contribution is 0.406. The molecule has 0 saturated heterocycles. The van der Waals surface area contributed by atoms with Crippen LogP contribution in [0.25, 0.3) is 11.3 Å². The third kappa shape index (κ3) is 1.76. The van der Waals surface area contributed by atoms with E-state index in [9.17, 15) is 5.11 Å². The Morgan fingerprint density at radius 1 is 1.47 bits per heavy atom. The van der Waals surface area contributed by atoms with E-state index in [1.54, 1.807) is 12.1 Å². The number of aromatic nitrogens is 1. The summed E-state index contributed by atoms with van der Waals surface area (Å²) in [6.45, 7) is 0. The first kappa shape index (κ1) is 9.86. The Morgan fingerprint density at radius 3 is 2.87 bits per heavy atom. The highest BCUT2D eigenvalue weighted by Crippen LogP contribution is 2.37. The summed E-state index contributed by atoms with van der Waals surface area (Å²) in [5, 5.41) is 13.6. The van der Waals surface area contributed by atoms with E-state index >= 15 is 0 Å². The zero-order valence-electron chi connectivity index (χ0n) is 7.90. The molecular formula is C10H8ClNO3. The van der Waals surface area contributed by atoms with Crippen molar-refractivity contribution in [2.24, 2.45) is 0 Å². The summed E-state index contributed by atoms with van der Waals surface area (Å²) in [4.78, 5) is 0. The molecule has 1 heterocycles. The van der Waals surface area contributed by atoms with Crippen molar-refractivity contribution in [3.8, 4) is 22.8 Å². The SMILES string of the molecule is COc1cc(O)c(-c2ccno2)cc1Cl. The molecule has 0 saturated carbocycles. The van der Waals surface area contributed by atoms with Crippen molar-refractivity contribution in [3.05, 3.63) is 29.4 Å². The molecule has 78 valence electrons. The second kappa shape index (κ2) is 3.82. The van der Waals surface area contributed by atoms with Gasteiger partial charge in [-0.25, -0.2) is 0 Å². The number of phenols is 1. The topological polar surface area (TPSA) is 55.5 Å². The van der Waals surface area contributed by atoms with Crippen LogP contribution in [0.1, 0.15) is 0 Å². The van der Waals surface area contributed by atoms with Crippen LogP contribution in [0.2, 0.25) is 5.02 Å². The van der Waals surface area contributed by atoms with Crippen LogP contribution in [-0.4, -0.2) is 17.4 Å². The van der Waals surface area contributed by atoms with Gasteiger partial charge in [-0.05, 0) is 6.07 Å². The van der Waals surface area contributed by atoms with Crippen LogP contribution >= 0.6 is 11.6 Å². The molecule has 2 aromatic rings. The second-order valence-electron chi connectivity index (χ2n) is 2.88. The van der Waals surface area contributed by atoms with Gasteiger partial charge in [0, 0.05) is 12.1 Å². The van der Waals surface area contributed by atoms with Crippen molar-refractivity contribution in [2.75, 3.05) is 7.11 Å². The van der Waals surface area contributed by atoms with Gasteiger partial charge >= 0.3 is 0 Å². The Labute approximate surface area is 91.0 Å². The number of phenolic OH excluding ortho intramolecular Hbond substituents is 1. The Morgan fingerprint density at radius 2 is 2.27 bits per heavy atom. The lowest BCUT2D eigenvalue weighted by atomic mass is 10.1. The molecule has 0 fully saturated rings. The first-order valence-electron chi connectivity index (χ1n) is 4.20. The minimum absolute atomic E-state index is 0.0352. The standard InChI is InChI=1S/C10H8ClNO3/c1-14-10-5-8(13)6(4-7(10)11)9-2-3-12-15-9/h2-5,13H,1H3. The van der Waals surface area contributed by atoms with E-state index in [1.165, 1.54) is 19.4 Å². The first-order chi connectivity index (χ1) is 7.22. The van der Waals surface area contributed by atoms with Crippen LogP contribution < -0.4 is 4.74 Å². The average Bonchev–Trinajstić information content (AvgIpc) is 2.74. The number of halogens is 1. The number of ether oxygens (including phenoxy) is 1. The zero-order chi connectivity index (χ0) is 10.8. The molecule has 1 aromatic heterocycles. The van der Waals surface area contributed by atoms with Crippen LogP contribution in [0.3, 0.4) is 0 Å². The van der Waals surface area contributed by atoms with Gasteiger partial charge in [-0.15, -0.1) is 0 Å². The molecule has 0 aliphatic carbocycles. The summed E-state index contributed by atoms with van der Waals surface area (Å²) in [5.74, 6) is 0.905. The van der Waals surface area contributed by atoms with Gasteiger partial charge in [-0.3, -0.25) is 0 Å². The summed E-state index contributed by atoms with van der Waals surface area (Å²) < 4.78 is 9.88. The molecule has 0 unspecified atom stereocenters. The Hall–Kier alpha value is -1.68. The normalized spacial score (nSPS) is 10.3. The van der Waals surface area contributed by atoms with Crippen LogP contribution in [0.15, 0.2) is 28.9 Å². The number of aromatic hydroxyl groups is 1. The van der Waals surface area contributed by atoms with Gasteiger partial charge in [-0.1, -0.05) is 16.8 Å². The molecule has 0 bridgehead atoms. The summed E-state index contributed by atoms with van der Waals surface area (Å²) in [5.41, 5.74) is 0.485. The molecule has 0 aliphatic rings. The second-order valence-corrected chi connectivity index (χ2v) is 3.29. The number of hydrogen-bond acceptors (Lipinski definition) is 4. The highest BCUT2D eigenvalue weighted by molar-refractivity contribution is 6.32. The highest BCUT2D eigenvalue weighted by Gasteiger charge is 2.12. The molecule has 4 nitrogen and oxygen atoms in total. The van der Waals surface area contributed by atoms with Gasteiger partial charge in [-0.2, -0.15) is 0 Å². The molecule has 1 aromatic carbocycles. The van der Waals surface area contributed by atoms with Crippen LogP contribution in [0, 0.1) is 0 Å². The molecular weight excluding hydrogens is 218 g/mol. The van der Waals surface area contributed by atoms with Crippen molar-refractivity contribution < 1.29 is 14.4 Å². The minimum atomic E-state index is 0.0352. The van der Waals surface area contributed by atoms with Crippen LogP contribution in [0.4, 0.5) is 0 Å². The lowest BCUT2D eigenvalue weighted by Gasteiger charge is -2.06. The molecule has 0 spiro atoms. The van der Waals surface area contributed by atoms with E-state index in [4.69, 9.17) is 20.9 Å². The maximum Gasteiger partial charge on any atom is 0.170 e. The van der Waals surface area contributed by atoms with E-state index < -0.39 is 0 Å². The van der Waals surface area contributed by atoms with Crippen molar-refractivity contribution in [3.63, 3.8) is 0 Å². The van der Waals surface area contributed by atoms with Crippen molar-refractivity contribution in [1.82, 2.24) is 5.16 Å². The van der Waals surface area contributed by atoms with Gasteiger partial charge in [0.05, 0.1) is 23.9 Å². The molecule has 0 amide bonds. The van der Waals surface area contributed by atoms with E-state index in [2.05, 4.69) is 5.16 Å². The Kier molecular flexibility index (Phi) is 2.51. The number of nitrogens with zero attached hydrogens (tertiary/aromatic N) is 1. The Bertz CT molecular complexity index is 468. The Balaban J connectivity index is 2.55. The molecule has 0 atom stereocenters. The molecule has 5 heteroatoms. The van der Waals surface area contributed by atoms with Gasteiger partial charge in [0.1, 0.15) is 11.5 Å². The maximum absolute atomic E-state index is 9.69. The third-order valence-corrected chi connectivity index (χ3v) is 2.27. The first-order valence-corrected chi connectivity index (χ1v) is 4.57. The van der Waals surface area contributed by atoms with E-state index in [1.807, 2.05) is 0 Å². The minimum Gasteiger partial charge on any atom is -0.507 e. The largest absolute Gasteiger partial charge is 0.507 e. The predicted octanol–water partition coefficient (Wildman–Crippen LogP) is 2.71. The average molecular weight is 226 g/mol. The van der Waals surface area contributed by atoms with Gasteiger partial charge < -0.3 is 14.4 Å². The summed E-state index contributed by atoms with van der Waals surface area (Å²) in [7, 11) is 1.48. The highest BCUT2D eigenvalue weighted by atomic mass is 35.5. The van der Waals surface area contributed by atoms with E-state index in [0.717, 1.165) is 0 Å². The number of hydrogen-bond donors (Lipinski definition) is 1. The lowest BCUT2D eigenvalue weighted by Crippen LogP contribution is -1.85. The van der Waals surface area contributed by atoms with Crippen molar-refractivity contribution in [1.29, 1.82) is 0 Å². The molecule has 15 heavy (non-hydrogen) atoms. The fraction of sp³-hybridized carbons (Fsp3) is 0.100. The van der Waals surface area contributed by atoms with Crippen LogP contribution in [-0.2, 0) is 0 Å². The van der Waals surface area contributed by atoms with Crippen molar-refractivity contribution >= 4 is 11.6 Å². The smallest absolute Gasteiger partial charge is 0.170 e. The monoisotopic (exact) mass is 225 g/mol. The van der Waals surface area contributed by atoms with Gasteiger partial charge in [0.2, 0.25) is 0 Å². The van der Waals surface area contributed by atoms with Crippen molar-refractivity contribution in [2.45, 2.75) is 0 Å². The van der Waals surface area contributed by atoms with Crippen LogP contribution in [0.5, 0.6) is 11.5 Å². The zero-order valence-corrected chi connectivity index (χ0v) is 8.65. The van der Waals surface area contributed by atoms with Gasteiger partial charge in [0.15, 0.2) is 5.76 Å². The maximum atomic E-state index is 9.69. The quantitative estimate of drug-likeness (QED) is 0.854. The molecule has 0 radical (unpaired) electrons. The summed E-state index contributed by atoms with van der Waals surface area (Å²) in [6.07, 6.45) is 1.49. The van der Waals surface area contributed by atoms with E-state index in [0.29, 0.717) is 22.1 Å².